The van der Waals surface area contributed by atoms with Crippen LogP contribution < -0.4 is 0 Å². The SMILES string of the molecule is CC[C@H](CC[C@@H](C)[C@@H]1CC[C@@H]2[C@H]3CC=C4C[C@@H](O[C@H]5O[C@H](C(=O)O)[C@@H](O)[C@@H]5O)CC[C@]4(C)[C@H]3CC[C@@]21C)C(C)C. The van der Waals surface area contributed by atoms with Crippen LogP contribution >= 0.6 is 0 Å². The molecule has 0 amide bonds. The number of carbonyl (C=O) groups is 1. The first kappa shape index (κ1) is 30.5. The summed E-state index contributed by atoms with van der Waals surface area (Å²) in [5, 5.41) is 29.7. The minimum Gasteiger partial charge on any atom is -0.479 e. The average Bonchev–Trinajstić information content (AvgIpc) is 3.40. The van der Waals surface area contributed by atoms with Crippen molar-refractivity contribution in [2.45, 2.75) is 143 Å². The minimum absolute atomic E-state index is 0.126. The fraction of sp³-hybridized carbons (Fsp3) is 0.912. The lowest BCUT2D eigenvalue weighted by Crippen LogP contribution is -2.51. The molecule has 5 rings (SSSR count). The first-order valence-corrected chi connectivity index (χ1v) is 16.5. The highest BCUT2D eigenvalue weighted by molar-refractivity contribution is 5.73. The van der Waals surface area contributed by atoms with Crippen LogP contribution in [-0.2, 0) is 14.3 Å². The molecule has 6 nitrogen and oxygen atoms in total. The number of allylic oxidation sites excluding steroid dienone is 1. The minimum atomic E-state index is -1.47. The maximum absolute atomic E-state index is 11.4. The van der Waals surface area contributed by atoms with Gasteiger partial charge in [0.1, 0.15) is 12.2 Å². The van der Waals surface area contributed by atoms with E-state index in [0.717, 1.165) is 67.1 Å². The third kappa shape index (κ3) is 5.22. The summed E-state index contributed by atoms with van der Waals surface area (Å²) in [6.07, 6.45) is 10.5. The van der Waals surface area contributed by atoms with E-state index in [1.54, 1.807) is 0 Å². The van der Waals surface area contributed by atoms with Gasteiger partial charge in [0.15, 0.2) is 12.4 Å². The first-order chi connectivity index (χ1) is 18.9. The topological polar surface area (TPSA) is 96.2 Å². The highest BCUT2D eigenvalue weighted by atomic mass is 16.7. The molecule has 3 saturated carbocycles. The van der Waals surface area contributed by atoms with Gasteiger partial charge in [-0.15, -0.1) is 0 Å². The molecular weight excluding hydrogens is 504 g/mol. The van der Waals surface area contributed by atoms with Crippen molar-refractivity contribution in [1.29, 1.82) is 0 Å². The summed E-state index contributed by atoms with van der Waals surface area (Å²) in [6, 6.07) is 0. The van der Waals surface area contributed by atoms with Gasteiger partial charge in [-0.05, 0) is 110 Å². The number of aliphatic carboxylic acids is 1. The van der Waals surface area contributed by atoms with E-state index in [4.69, 9.17) is 9.47 Å². The Bertz CT molecular complexity index is 947. The van der Waals surface area contributed by atoms with Gasteiger partial charge < -0.3 is 24.8 Å². The predicted molar refractivity (Wildman–Crippen MR) is 155 cm³/mol. The van der Waals surface area contributed by atoms with Crippen LogP contribution in [-0.4, -0.2) is 52.0 Å². The van der Waals surface area contributed by atoms with Crippen molar-refractivity contribution in [3.8, 4) is 0 Å². The van der Waals surface area contributed by atoms with Crippen LogP contribution in [0.5, 0.6) is 0 Å². The van der Waals surface area contributed by atoms with Crippen molar-refractivity contribution >= 4 is 5.97 Å². The molecule has 0 unspecified atom stereocenters. The number of aliphatic hydroxyl groups excluding tert-OH is 2. The molecule has 0 radical (unpaired) electrons. The molecule has 228 valence electrons. The Morgan fingerprint density at radius 1 is 1.05 bits per heavy atom. The molecule has 1 aliphatic heterocycles. The van der Waals surface area contributed by atoms with Crippen molar-refractivity contribution < 1.29 is 29.6 Å². The van der Waals surface area contributed by atoms with Crippen molar-refractivity contribution in [3.63, 3.8) is 0 Å². The number of fused-ring (bicyclic) bond motifs is 5. The largest absolute Gasteiger partial charge is 0.479 e. The molecule has 0 bridgehead atoms. The van der Waals surface area contributed by atoms with Crippen LogP contribution in [0.1, 0.15) is 112 Å². The summed E-state index contributed by atoms with van der Waals surface area (Å²) < 4.78 is 11.5. The van der Waals surface area contributed by atoms with E-state index in [0.29, 0.717) is 5.41 Å². The molecule has 4 fully saturated rings. The molecule has 0 aromatic rings. The Hall–Kier alpha value is -0.950. The van der Waals surface area contributed by atoms with E-state index in [9.17, 15) is 20.1 Å². The van der Waals surface area contributed by atoms with Gasteiger partial charge in [-0.25, -0.2) is 4.79 Å². The maximum Gasteiger partial charge on any atom is 0.335 e. The zero-order valence-electron chi connectivity index (χ0n) is 25.9. The molecule has 6 heteroatoms. The standard InChI is InChI=1S/C34H56O6/c1-7-21(19(2)3)9-8-20(4)25-12-13-26-24-11-10-22-18-23(39-32-29(36)28(35)30(40-32)31(37)38)14-16-33(22,5)27(24)15-17-34(25,26)6/h10,19-21,23-30,32,35-36H,7-9,11-18H2,1-6H3,(H,37,38)/t20-,21-,23+,24-,25+,26-,27+,28+,29+,30+,32+,33+,34-/m1/s1. The van der Waals surface area contributed by atoms with Gasteiger partial charge in [0.25, 0.3) is 0 Å². The third-order valence-corrected chi connectivity index (χ3v) is 13.1. The Morgan fingerprint density at radius 2 is 1.80 bits per heavy atom. The smallest absolute Gasteiger partial charge is 0.335 e. The van der Waals surface area contributed by atoms with Crippen molar-refractivity contribution in [2.24, 2.45) is 52.3 Å². The van der Waals surface area contributed by atoms with Crippen molar-refractivity contribution in [2.75, 3.05) is 0 Å². The third-order valence-electron chi connectivity index (χ3n) is 13.1. The van der Waals surface area contributed by atoms with Gasteiger partial charge in [0, 0.05) is 0 Å². The second-order valence-corrected chi connectivity index (χ2v) is 15.2. The van der Waals surface area contributed by atoms with Gasteiger partial charge in [-0.1, -0.05) is 66.0 Å². The van der Waals surface area contributed by atoms with E-state index >= 15 is 0 Å². The molecule has 3 N–H and O–H groups in total. The van der Waals surface area contributed by atoms with Crippen LogP contribution in [0.15, 0.2) is 11.6 Å². The van der Waals surface area contributed by atoms with Crippen molar-refractivity contribution in [3.05, 3.63) is 11.6 Å². The highest BCUT2D eigenvalue weighted by Crippen LogP contribution is 2.67. The van der Waals surface area contributed by atoms with Gasteiger partial charge >= 0.3 is 5.97 Å². The maximum atomic E-state index is 11.4. The number of aliphatic hydroxyl groups is 2. The number of rotatable bonds is 9. The van der Waals surface area contributed by atoms with Crippen LogP contribution in [0.3, 0.4) is 0 Å². The summed E-state index contributed by atoms with van der Waals surface area (Å²) in [5.41, 5.74) is 2.15. The number of hydrogen-bond acceptors (Lipinski definition) is 5. The fourth-order valence-electron chi connectivity index (χ4n) is 10.6. The number of carboxylic acid groups (broad SMARTS) is 1. The lowest BCUT2D eigenvalue weighted by molar-refractivity contribution is -0.202. The van der Waals surface area contributed by atoms with Gasteiger partial charge in [0.05, 0.1) is 6.10 Å². The summed E-state index contributed by atoms with van der Waals surface area (Å²) >= 11 is 0. The molecule has 5 aliphatic rings. The summed E-state index contributed by atoms with van der Waals surface area (Å²) in [5.74, 6) is 4.35. The monoisotopic (exact) mass is 560 g/mol. The van der Waals surface area contributed by atoms with E-state index in [-0.39, 0.29) is 11.5 Å². The molecule has 0 aromatic heterocycles. The second kappa shape index (κ2) is 11.6. The molecule has 13 atom stereocenters. The second-order valence-electron chi connectivity index (χ2n) is 15.2. The first-order valence-electron chi connectivity index (χ1n) is 16.5. The number of hydrogen-bond donors (Lipinski definition) is 3. The van der Waals surface area contributed by atoms with Crippen LogP contribution in [0.25, 0.3) is 0 Å². The summed E-state index contributed by atoms with van der Waals surface area (Å²) in [4.78, 5) is 11.4. The quantitative estimate of drug-likeness (QED) is 0.276. The van der Waals surface area contributed by atoms with E-state index in [1.807, 2.05) is 0 Å². The van der Waals surface area contributed by atoms with Crippen LogP contribution in [0.2, 0.25) is 0 Å². The normalized spacial score (nSPS) is 46.3. The molecule has 0 aromatic carbocycles. The molecule has 1 heterocycles. The lowest BCUT2D eigenvalue weighted by atomic mass is 9.47. The average molecular weight is 561 g/mol. The number of carboxylic acids is 1. The van der Waals surface area contributed by atoms with E-state index < -0.39 is 30.6 Å². The van der Waals surface area contributed by atoms with E-state index in [1.165, 1.54) is 50.5 Å². The molecule has 4 aliphatic carbocycles. The lowest BCUT2D eigenvalue weighted by Gasteiger charge is -2.58. The molecular formula is C34H56O6. The number of ether oxygens (including phenoxy) is 2. The fourth-order valence-corrected chi connectivity index (χ4v) is 10.6. The van der Waals surface area contributed by atoms with Gasteiger partial charge in [-0.2, -0.15) is 0 Å². The zero-order valence-corrected chi connectivity index (χ0v) is 25.9. The van der Waals surface area contributed by atoms with Gasteiger partial charge in [-0.3, -0.25) is 0 Å². The van der Waals surface area contributed by atoms with Crippen molar-refractivity contribution in [1.82, 2.24) is 0 Å². The Kier molecular flexibility index (Phi) is 8.86. The highest BCUT2D eigenvalue weighted by Gasteiger charge is 2.59. The molecule has 1 saturated heterocycles. The molecule has 40 heavy (non-hydrogen) atoms. The van der Waals surface area contributed by atoms with Crippen LogP contribution in [0.4, 0.5) is 0 Å². The predicted octanol–water partition coefficient (Wildman–Crippen LogP) is 6.58. The Balaban J connectivity index is 1.23. The summed E-state index contributed by atoms with van der Waals surface area (Å²) in [6.45, 7) is 14.8. The van der Waals surface area contributed by atoms with Crippen LogP contribution in [0, 0.1) is 52.3 Å². The Morgan fingerprint density at radius 3 is 2.45 bits per heavy atom. The van der Waals surface area contributed by atoms with E-state index in [2.05, 4.69) is 47.6 Å². The molecule has 0 spiro atoms. The zero-order chi connectivity index (χ0) is 29.0. The van der Waals surface area contributed by atoms with Gasteiger partial charge in [0.2, 0.25) is 0 Å². The summed E-state index contributed by atoms with van der Waals surface area (Å²) in [7, 11) is 0. The Labute approximate surface area is 242 Å².